The molecular formula is C19H29N9O2. The minimum Gasteiger partial charge on any atom is -0.453 e. The summed E-state index contributed by atoms with van der Waals surface area (Å²) in [6, 6.07) is 0. The first kappa shape index (κ1) is 21.8. The SMILES string of the molecule is Cc1ncnc(N2CCN(c3ncnc(C(C)OC(=O)C(C)(C)N)n3)C(C)(C)C2)n1. The summed E-state index contributed by atoms with van der Waals surface area (Å²) >= 11 is 0. The van der Waals surface area contributed by atoms with Gasteiger partial charge < -0.3 is 20.3 Å². The van der Waals surface area contributed by atoms with Gasteiger partial charge in [0.25, 0.3) is 0 Å². The van der Waals surface area contributed by atoms with E-state index >= 15 is 0 Å². The molecule has 162 valence electrons. The normalized spacial score (nSPS) is 17.6. The Bertz CT molecular complexity index is 913. The van der Waals surface area contributed by atoms with Gasteiger partial charge in [-0.25, -0.2) is 19.9 Å². The third-order valence-corrected chi connectivity index (χ3v) is 4.86. The van der Waals surface area contributed by atoms with E-state index in [1.54, 1.807) is 20.8 Å². The lowest BCUT2D eigenvalue weighted by Gasteiger charge is -2.47. The summed E-state index contributed by atoms with van der Waals surface area (Å²) in [5, 5.41) is 0. The molecule has 1 unspecified atom stereocenters. The summed E-state index contributed by atoms with van der Waals surface area (Å²) in [4.78, 5) is 42.2. The molecule has 0 amide bonds. The second kappa shape index (κ2) is 8.05. The molecule has 3 heterocycles. The molecule has 0 aliphatic carbocycles. The first-order valence-electron chi connectivity index (χ1n) is 9.84. The van der Waals surface area contributed by atoms with Gasteiger partial charge in [0.2, 0.25) is 11.9 Å². The van der Waals surface area contributed by atoms with Crippen LogP contribution in [0.15, 0.2) is 12.7 Å². The molecule has 1 fully saturated rings. The summed E-state index contributed by atoms with van der Waals surface area (Å²) in [5.41, 5.74) is 4.42. The molecule has 1 atom stereocenters. The van der Waals surface area contributed by atoms with Crippen LogP contribution in [0.5, 0.6) is 0 Å². The van der Waals surface area contributed by atoms with E-state index in [4.69, 9.17) is 10.5 Å². The Morgan fingerprint density at radius 2 is 1.80 bits per heavy atom. The monoisotopic (exact) mass is 415 g/mol. The molecule has 1 saturated heterocycles. The molecular weight excluding hydrogens is 386 g/mol. The van der Waals surface area contributed by atoms with Crippen LogP contribution in [-0.4, -0.2) is 66.6 Å². The van der Waals surface area contributed by atoms with Crippen molar-refractivity contribution in [3.63, 3.8) is 0 Å². The van der Waals surface area contributed by atoms with Gasteiger partial charge in [-0.3, -0.25) is 4.79 Å². The highest BCUT2D eigenvalue weighted by Gasteiger charge is 2.37. The first-order chi connectivity index (χ1) is 14.0. The van der Waals surface area contributed by atoms with E-state index in [1.807, 2.05) is 6.92 Å². The molecule has 2 N–H and O–H groups in total. The standard InChI is InChI=1S/C19H29N9O2/c1-12(30-15(29)19(5,6)20)14-22-11-24-17(26-14)28-8-7-27(9-18(28,3)4)16-23-10-21-13(2)25-16/h10-12H,7-9,20H2,1-6H3. The topological polar surface area (TPSA) is 136 Å². The predicted octanol–water partition coefficient (Wildman–Crippen LogP) is 0.812. The lowest BCUT2D eigenvalue weighted by molar-refractivity contribution is -0.154. The second-order valence-corrected chi connectivity index (χ2v) is 8.63. The Hall–Kier alpha value is -2.95. The molecule has 0 aromatic carbocycles. The van der Waals surface area contributed by atoms with E-state index in [9.17, 15) is 4.79 Å². The maximum atomic E-state index is 12.1. The lowest BCUT2D eigenvalue weighted by atomic mass is 9.99. The minimum atomic E-state index is -1.09. The summed E-state index contributed by atoms with van der Waals surface area (Å²) in [6.45, 7) is 13.0. The van der Waals surface area contributed by atoms with Gasteiger partial charge in [-0.15, -0.1) is 0 Å². The fraction of sp³-hybridized carbons (Fsp3) is 0.632. The van der Waals surface area contributed by atoms with Crippen LogP contribution in [0.3, 0.4) is 0 Å². The van der Waals surface area contributed by atoms with Gasteiger partial charge in [-0.2, -0.15) is 9.97 Å². The van der Waals surface area contributed by atoms with Crippen LogP contribution < -0.4 is 15.5 Å². The molecule has 0 spiro atoms. The zero-order chi connectivity index (χ0) is 22.1. The van der Waals surface area contributed by atoms with E-state index in [0.717, 1.165) is 0 Å². The first-order valence-corrected chi connectivity index (χ1v) is 9.84. The molecule has 1 aliphatic heterocycles. The van der Waals surface area contributed by atoms with Gasteiger partial charge in [0.1, 0.15) is 24.0 Å². The number of hydrogen-bond donors (Lipinski definition) is 1. The van der Waals surface area contributed by atoms with Crippen molar-refractivity contribution in [1.29, 1.82) is 0 Å². The maximum absolute atomic E-state index is 12.1. The van der Waals surface area contributed by atoms with Crippen LogP contribution in [0.4, 0.5) is 11.9 Å². The molecule has 11 heteroatoms. The lowest BCUT2D eigenvalue weighted by Crippen LogP contribution is -2.60. The number of nitrogens with two attached hydrogens (primary N) is 1. The van der Waals surface area contributed by atoms with E-state index in [-0.39, 0.29) is 5.54 Å². The van der Waals surface area contributed by atoms with Crippen LogP contribution in [-0.2, 0) is 9.53 Å². The number of aryl methyl sites for hydroxylation is 1. The summed E-state index contributed by atoms with van der Waals surface area (Å²) in [7, 11) is 0. The van der Waals surface area contributed by atoms with Crippen molar-refractivity contribution in [1.82, 2.24) is 29.9 Å². The van der Waals surface area contributed by atoms with Crippen molar-refractivity contribution < 1.29 is 9.53 Å². The molecule has 1 aliphatic rings. The number of anilines is 2. The maximum Gasteiger partial charge on any atom is 0.326 e. The van der Waals surface area contributed by atoms with Gasteiger partial charge in [0.05, 0.1) is 5.54 Å². The van der Waals surface area contributed by atoms with Crippen molar-refractivity contribution in [3.8, 4) is 0 Å². The van der Waals surface area contributed by atoms with E-state index in [2.05, 4.69) is 53.6 Å². The average molecular weight is 416 g/mol. The highest BCUT2D eigenvalue weighted by molar-refractivity contribution is 5.79. The van der Waals surface area contributed by atoms with Crippen molar-refractivity contribution >= 4 is 17.9 Å². The Morgan fingerprint density at radius 1 is 1.13 bits per heavy atom. The number of nitrogens with zero attached hydrogens (tertiary/aromatic N) is 8. The molecule has 30 heavy (non-hydrogen) atoms. The number of esters is 1. The number of ether oxygens (including phenoxy) is 1. The van der Waals surface area contributed by atoms with E-state index in [0.29, 0.717) is 43.2 Å². The van der Waals surface area contributed by atoms with Crippen molar-refractivity contribution in [3.05, 3.63) is 24.3 Å². The minimum absolute atomic E-state index is 0.295. The number of rotatable bonds is 5. The predicted molar refractivity (Wildman–Crippen MR) is 111 cm³/mol. The van der Waals surface area contributed by atoms with Crippen molar-refractivity contribution in [2.75, 3.05) is 29.4 Å². The van der Waals surface area contributed by atoms with Crippen molar-refractivity contribution in [2.24, 2.45) is 5.73 Å². The van der Waals surface area contributed by atoms with Gasteiger partial charge >= 0.3 is 5.97 Å². The van der Waals surface area contributed by atoms with Crippen LogP contribution >= 0.6 is 0 Å². The van der Waals surface area contributed by atoms with Crippen molar-refractivity contribution in [2.45, 2.75) is 58.7 Å². The van der Waals surface area contributed by atoms with Crippen LogP contribution in [0.25, 0.3) is 0 Å². The van der Waals surface area contributed by atoms with Crippen LogP contribution in [0.1, 0.15) is 52.4 Å². The van der Waals surface area contributed by atoms with Gasteiger partial charge in [-0.1, -0.05) is 0 Å². The Labute approximate surface area is 176 Å². The molecule has 0 bridgehead atoms. The third-order valence-electron chi connectivity index (χ3n) is 4.86. The number of carbonyl (C=O) groups is 1. The van der Waals surface area contributed by atoms with Gasteiger partial charge in [0, 0.05) is 19.6 Å². The largest absolute Gasteiger partial charge is 0.453 e. The van der Waals surface area contributed by atoms with Crippen LogP contribution in [0.2, 0.25) is 0 Å². The number of piperazine rings is 1. The fourth-order valence-corrected chi connectivity index (χ4v) is 3.21. The Balaban J connectivity index is 1.76. The average Bonchev–Trinajstić information content (AvgIpc) is 2.66. The number of carbonyl (C=O) groups excluding carboxylic acids is 1. The van der Waals surface area contributed by atoms with Crippen LogP contribution in [0, 0.1) is 6.92 Å². The zero-order valence-corrected chi connectivity index (χ0v) is 18.3. The second-order valence-electron chi connectivity index (χ2n) is 8.63. The smallest absolute Gasteiger partial charge is 0.326 e. The van der Waals surface area contributed by atoms with Gasteiger partial charge in [-0.05, 0) is 41.5 Å². The highest BCUT2D eigenvalue weighted by atomic mass is 16.5. The highest BCUT2D eigenvalue weighted by Crippen LogP contribution is 2.27. The van der Waals surface area contributed by atoms with E-state index in [1.165, 1.54) is 12.7 Å². The molecule has 3 rings (SSSR count). The number of hydrogen-bond acceptors (Lipinski definition) is 11. The van der Waals surface area contributed by atoms with Gasteiger partial charge in [0.15, 0.2) is 11.9 Å². The molecule has 2 aromatic rings. The quantitative estimate of drug-likeness (QED) is 0.695. The fourth-order valence-electron chi connectivity index (χ4n) is 3.21. The number of aromatic nitrogens is 6. The molecule has 0 radical (unpaired) electrons. The third kappa shape index (κ3) is 4.78. The summed E-state index contributed by atoms with van der Waals surface area (Å²) in [5.74, 6) is 1.75. The molecule has 0 saturated carbocycles. The Morgan fingerprint density at radius 3 is 2.43 bits per heavy atom. The summed E-state index contributed by atoms with van der Waals surface area (Å²) in [6.07, 6.45) is 2.33. The Kier molecular flexibility index (Phi) is 5.84. The molecule has 2 aromatic heterocycles. The summed E-state index contributed by atoms with van der Waals surface area (Å²) < 4.78 is 5.42. The molecule has 11 nitrogen and oxygen atoms in total. The van der Waals surface area contributed by atoms with E-state index < -0.39 is 17.6 Å². The zero-order valence-electron chi connectivity index (χ0n) is 18.3.